The van der Waals surface area contributed by atoms with E-state index in [0.717, 1.165) is 19.4 Å². The molecule has 1 aliphatic heterocycles. The van der Waals surface area contributed by atoms with E-state index in [-0.39, 0.29) is 18.6 Å². The molecule has 2 N–H and O–H groups in total. The van der Waals surface area contributed by atoms with Gasteiger partial charge in [-0.15, -0.1) is 0 Å². The van der Waals surface area contributed by atoms with Crippen LogP contribution < -0.4 is 10.1 Å². The molecule has 2 rings (SSSR count). The molecule has 1 amide bonds. The number of nitrogens with zero attached hydrogens (tertiary/aromatic N) is 1. The zero-order chi connectivity index (χ0) is 15.3. The molecular weight excluding hydrogens is 272 g/mol. The zero-order valence-corrected chi connectivity index (χ0v) is 12.5. The van der Waals surface area contributed by atoms with Gasteiger partial charge >= 0.3 is 0 Å². The summed E-state index contributed by atoms with van der Waals surface area (Å²) in [5.41, 5.74) is -0.229. The van der Waals surface area contributed by atoms with E-state index in [1.165, 1.54) is 6.20 Å². The topological polar surface area (TPSA) is 80.7 Å². The third-order valence-corrected chi connectivity index (χ3v) is 3.29. The molecule has 6 heteroatoms. The third-order valence-electron chi connectivity index (χ3n) is 3.29. The van der Waals surface area contributed by atoms with E-state index in [4.69, 9.17) is 14.6 Å². The van der Waals surface area contributed by atoms with Crippen molar-refractivity contribution in [3.63, 3.8) is 0 Å². The second kappa shape index (κ2) is 6.87. The third kappa shape index (κ3) is 4.68. The first-order valence-electron chi connectivity index (χ1n) is 7.14. The van der Waals surface area contributed by atoms with Crippen molar-refractivity contribution in [2.24, 2.45) is 0 Å². The molecule has 1 atom stereocenters. The second-order valence-electron chi connectivity index (χ2n) is 5.83. The van der Waals surface area contributed by atoms with E-state index in [9.17, 15) is 4.79 Å². The molecule has 0 aromatic carbocycles. The summed E-state index contributed by atoms with van der Waals surface area (Å²) in [6.07, 6.45) is 3.69. The lowest BCUT2D eigenvalue weighted by Crippen LogP contribution is -2.46. The van der Waals surface area contributed by atoms with Crippen LogP contribution in [0.5, 0.6) is 5.88 Å². The Morgan fingerprint density at radius 3 is 2.95 bits per heavy atom. The van der Waals surface area contributed by atoms with Crippen LogP contribution >= 0.6 is 0 Å². The Morgan fingerprint density at radius 1 is 1.57 bits per heavy atom. The van der Waals surface area contributed by atoms with Crippen LogP contribution in [0.15, 0.2) is 18.3 Å². The fourth-order valence-corrected chi connectivity index (χ4v) is 1.97. The van der Waals surface area contributed by atoms with Crippen LogP contribution in [-0.2, 0) is 4.74 Å². The predicted octanol–water partition coefficient (Wildman–Crippen LogP) is 1.14. The minimum Gasteiger partial charge on any atom is -0.475 e. The Bertz CT molecular complexity index is 467. The summed E-state index contributed by atoms with van der Waals surface area (Å²) >= 11 is 0. The Hall–Kier alpha value is -1.66. The number of nitrogens with one attached hydrogen (secondary N) is 1. The van der Waals surface area contributed by atoms with Crippen LogP contribution in [0.1, 0.15) is 37.0 Å². The minimum atomic E-state index is -0.661. The average molecular weight is 294 g/mol. The highest BCUT2D eigenvalue weighted by Gasteiger charge is 2.20. The molecule has 21 heavy (non-hydrogen) atoms. The zero-order valence-electron chi connectivity index (χ0n) is 12.5. The van der Waals surface area contributed by atoms with Crippen molar-refractivity contribution in [3.05, 3.63) is 23.9 Å². The molecule has 1 saturated heterocycles. The predicted molar refractivity (Wildman–Crippen MR) is 77.3 cm³/mol. The van der Waals surface area contributed by atoms with Gasteiger partial charge in [-0.05, 0) is 32.8 Å². The van der Waals surface area contributed by atoms with Gasteiger partial charge in [0.25, 0.3) is 5.91 Å². The number of aliphatic hydroxyl groups is 1. The number of hydrogen-bond donors (Lipinski definition) is 2. The molecule has 0 unspecified atom stereocenters. The van der Waals surface area contributed by atoms with Crippen molar-refractivity contribution in [1.82, 2.24) is 10.3 Å². The fraction of sp³-hybridized carbons (Fsp3) is 0.600. The summed E-state index contributed by atoms with van der Waals surface area (Å²) in [7, 11) is 0. The highest BCUT2D eigenvalue weighted by molar-refractivity contribution is 5.94. The molecule has 0 spiro atoms. The molecule has 1 aromatic rings. The molecule has 2 heterocycles. The smallest absolute Gasteiger partial charge is 0.253 e. The molecule has 1 aromatic heterocycles. The van der Waals surface area contributed by atoms with E-state index >= 15 is 0 Å². The molecule has 6 nitrogen and oxygen atoms in total. The summed E-state index contributed by atoms with van der Waals surface area (Å²) in [4.78, 5) is 16.1. The number of aromatic nitrogens is 1. The quantitative estimate of drug-likeness (QED) is 0.822. The van der Waals surface area contributed by atoms with Crippen molar-refractivity contribution in [1.29, 1.82) is 0 Å². The van der Waals surface area contributed by atoms with Gasteiger partial charge in [-0.3, -0.25) is 4.79 Å². The lowest BCUT2D eigenvalue weighted by atomic mass is 10.1. The van der Waals surface area contributed by atoms with Crippen LogP contribution in [0.3, 0.4) is 0 Å². The summed E-state index contributed by atoms with van der Waals surface area (Å²) in [5, 5.41) is 11.9. The number of hydrogen-bond acceptors (Lipinski definition) is 5. The van der Waals surface area contributed by atoms with Gasteiger partial charge in [0.05, 0.1) is 23.8 Å². The Kier molecular flexibility index (Phi) is 5.14. The van der Waals surface area contributed by atoms with Crippen LogP contribution in [0.25, 0.3) is 0 Å². The fourth-order valence-electron chi connectivity index (χ4n) is 1.97. The molecule has 0 saturated carbocycles. The summed E-state index contributed by atoms with van der Waals surface area (Å²) in [5.74, 6) is 0.204. The summed E-state index contributed by atoms with van der Waals surface area (Å²) in [6, 6.07) is 3.32. The van der Waals surface area contributed by atoms with Gasteiger partial charge in [0.15, 0.2) is 0 Å². The van der Waals surface area contributed by atoms with Crippen LogP contribution in [0, 0.1) is 0 Å². The number of rotatable bonds is 6. The molecular formula is C15H22N2O4. The molecule has 1 aliphatic rings. The maximum Gasteiger partial charge on any atom is 0.253 e. The van der Waals surface area contributed by atoms with Gasteiger partial charge < -0.3 is 19.9 Å². The highest BCUT2D eigenvalue weighted by atomic mass is 16.5. The first-order chi connectivity index (χ1) is 10.00. The van der Waals surface area contributed by atoms with E-state index in [1.54, 1.807) is 26.0 Å². The number of pyridine rings is 1. The summed E-state index contributed by atoms with van der Waals surface area (Å²) in [6.45, 7) is 4.64. The van der Waals surface area contributed by atoms with Crippen molar-refractivity contribution in [2.45, 2.75) is 38.3 Å². The SMILES string of the molecule is CC(C)(CO)NC(=O)c1ccc(OC[C@H]2CCCO2)nc1. The number of carbonyl (C=O) groups excluding carboxylic acids is 1. The molecule has 0 bridgehead atoms. The summed E-state index contributed by atoms with van der Waals surface area (Å²) < 4.78 is 11.0. The number of carbonyl (C=O) groups is 1. The van der Waals surface area contributed by atoms with Crippen molar-refractivity contribution in [2.75, 3.05) is 19.8 Å². The van der Waals surface area contributed by atoms with Gasteiger partial charge in [0.2, 0.25) is 5.88 Å². The second-order valence-corrected chi connectivity index (χ2v) is 5.83. The normalized spacial score (nSPS) is 18.5. The van der Waals surface area contributed by atoms with Gasteiger partial charge in [0, 0.05) is 18.9 Å². The van der Waals surface area contributed by atoms with E-state index in [1.807, 2.05) is 0 Å². The molecule has 116 valence electrons. The Labute approximate surface area is 124 Å². The standard InChI is InChI=1S/C15H22N2O4/c1-15(2,10-18)17-14(19)11-5-6-13(16-8-11)21-9-12-4-3-7-20-12/h5-6,8,12,18H,3-4,7,9-10H2,1-2H3,(H,17,19)/t12-/m1/s1. The molecule has 0 aliphatic carbocycles. The van der Waals surface area contributed by atoms with E-state index in [0.29, 0.717) is 18.1 Å². The lowest BCUT2D eigenvalue weighted by Gasteiger charge is -2.23. The van der Waals surface area contributed by atoms with Gasteiger partial charge in [-0.25, -0.2) is 4.98 Å². The number of amides is 1. The van der Waals surface area contributed by atoms with Crippen molar-refractivity contribution >= 4 is 5.91 Å². The maximum atomic E-state index is 12.0. The monoisotopic (exact) mass is 294 g/mol. The van der Waals surface area contributed by atoms with Crippen LogP contribution in [-0.4, -0.2) is 47.5 Å². The molecule has 1 fully saturated rings. The van der Waals surface area contributed by atoms with Gasteiger partial charge in [-0.1, -0.05) is 0 Å². The van der Waals surface area contributed by atoms with Crippen LogP contribution in [0.2, 0.25) is 0 Å². The Morgan fingerprint density at radius 2 is 2.38 bits per heavy atom. The number of ether oxygens (including phenoxy) is 2. The van der Waals surface area contributed by atoms with Crippen molar-refractivity contribution in [3.8, 4) is 5.88 Å². The lowest BCUT2D eigenvalue weighted by molar-refractivity contribution is 0.0663. The average Bonchev–Trinajstić information content (AvgIpc) is 2.98. The van der Waals surface area contributed by atoms with E-state index in [2.05, 4.69) is 10.3 Å². The van der Waals surface area contributed by atoms with Gasteiger partial charge in [0.1, 0.15) is 6.61 Å². The van der Waals surface area contributed by atoms with E-state index < -0.39 is 5.54 Å². The maximum absolute atomic E-state index is 12.0. The van der Waals surface area contributed by atoms with Crippen LogP contribution in [0.4, 0.5) is 0 Å². The number of aliphatic hydroxyl groups excluding tert-OH is 1. The highest BCUT2D eigenvalue weighted by Crippen LogP contribution is 2.14. The first-order valence-corrected chi connectivity index (χ1v) is 7.14. The van der Waals surface area contributed by atoms with Gasteiger partial charge in [-0.2, -0.15) is 0 Å². The Balaban J connectivity index is 1.87. The minimum absolute atomic E-state index is 0.130. The molecule has 0 radical (unpaired) electrons. The largest absolute Gasteiger partial charge is 0.475 e. The first kappa shape index (κ1) is 15.7. The van der Waals surface area contributed by atoms with Crippen molar-refractivity contribution < 1.29 is 19.4 Å².